The number of methoxy groups -OCH3 is 1. The summed E-state index contributed by atoms with van der Waals surface area (Å²) in [5.41, 5.74) is 0.522. The number of ether oxygens (including phenoxy) is 1. The number of hydrogen-bond donors (Lipinski definition) is 0. The van der Waals surface area contributed by atoms with Gasteiger partial charge in [-0.3, -0.25) is 9.69 Å². The minimum Gasteiger partial charge on any atom is -0.468 e. The Morgan fingerprint density at radius 2 is 2.15 bits per heavy atom. The molecule has 0 aromatic heterocycles. The molecule has 0 unspecified atom stereocenters. The summed E-state index contributed by atoms with van der Waals surface area (Å²) in [6, 6.07) is 5.28. The molecule has 0 N–H and O–H groups in total. The van der Waals surface area contributed by atoms with Crippen LogP contribution in [0.2, 0.25) is 5.02 Å². The van der Waals surface area contributed by atoms with Crippen molar-refractivity contribution in [3.8, 4) is 0 Å². The smallest absolute Gasteiger partial charge is 0.319 e. The third kappa shape index (κ3) is 3.70. The fraction of sp³-hybridized carbons (Fsp3) is 0.533. The Morgan fingerprint density at radius 3 is 2.80 bits per heavy atom. The summed E-state index contributed by atoms with van der Waals surface area (Å²) in [5, 5.41) is 0.118. The molecule has 0 bridgehead atoms. The predicted octanol–water partition coefficient (Wildman–Crippen LogP) is 3.40. The van der Waals surface area contributed by atoms with E-state index in [-0.39, 0.29) is 17.5 Å². The lowest BCUT2D eigenvalue weighted by molar-refractivity contribution is -0.142. The number of carbonyl (C=O) groups is 1. The summed E-state index contributed by atoms with van der Waals surface area (Å²) in [4.78, 5) is 13.5. The highest BCUT2D eigenvalue weighted by molar-refractivity contribution is 6.30. The summed E-state index contributed by atoms with van der Waals surface area (Å²) < 4.78 is 18.7. The third-order valence-electron chi connectivity index (χ3n) is 3.81. The van der Waals surface area contributed by atoms with Crippen LogP contribution in [0, 0.1) is 5.82 Å². The van der Waals surface area contributed by atoms with Crippen LogP contribution in [0.1, 0.15) is 31.2 Å². The van der Waals surface area contributed by atoms with Crippen LogP contribution in [0.15, 0.2) is 18.2 Å². The van der Waals surface area contributed by atoms with Crippen LogP contribution < -0.4 is 0 Å². The maximum atomic E-state index is 14.0. The molecule has 1 aliphatic carbocycles. The first-order valence-electron chi connectivity index (χ1n) is 6.85. The molecule has 0 radical (unpaired) electrons. The van der Waals surface area contributed by atoms with Gasteiger partial charge in [-0.25, -0.2) is 4.39 Å². The first-order chi connectivity index (χ1) is 9.61. The average molecular weight is 300 g/mol. The van der Waals surface area contributed by atoms with E-state index in [0.29, 0.717) is 18.2 Å². The molecule has 0 aliphatic heterocycles. The normalized spacial score (nSPS) is 15.8. The lowest BCUT2D eigenvalue weighted by Crippen LogP contribution is -2.37. The Bertz CT molecular complexity index is 475. The Labute approximate surface area is 123 Å². The average Bonchev–Trinajstić information content (AvgIpc) is 2.96. The zero-order chi connectivity index (χ0) is 14.5. The van der Waals surface area contributed by atoms with Gasteiger partial charge in [-0.05, 0) is 18.9 Å². The third-order valence-corrected chi connectivity index (χ3v) is 4.10. The molecular formula is C15H19ClFNO2. The van der Waals surface area contributed by atoms with E-state index in [4.69, 9.17) is 16.3 Å². The fourth-order valence-electron chi connectivity index (χ4n) is 2.70. The maximum Gasteiger partial charge on any atom is 0.319 e. The van der Waals surface area contributed by atoms with Crippen LogP contribution in [0.3, 0.4) is 0 Å². The van der Waals surface area contributed by atoms with Crippen LogP contribution in [0.5, 0.6) is 0 Å². The van der Waals surface area contributed by atoms with Crippen molar-refractivity contribution in [2.24, 2.45) is 0 Å². The van der Waals surface area contributed by atoms with Gasteiger partial charge in [0.25, 0.3) is 0 Å². The van der Waals surface area contributed by atoms with Gasteiger partial charge < -0.3 is 4.74 Å². The number of hydrogen-bond acceptors (Lipinski definition) is 3. The summed E-state index contributed by atoms with van der Waals surface area (Å²) >= 11 is 5.80. The van der Waals surface area contributed by atoms with Crippen LogP contribution in [-0.4, -0.2) is 30.6 Å². The van der Waals surface area contributed by atoms with E-state index in [0.717, 1.165) is 25.7 Å². The zero-order valence-electron chi connectivity index (χ0n) is 11.6. The van der Waals surface area contributed by atoms with E-state index in [2.05, 4.69) is 0 Å². The molecule has 0 atom stereocenters. The Balaban J connectivity index is 2.13. The summed E-state index contributed by atoms with van der Waals surface area (Å²) in [7, 11) is 1.37. The van der Waals surface area contributed by atoms with E-state index in [1.165, 1.54) is 13.2 Å². The second-order valence-electron chi connectivity index (χ2n) is 5.13. The first-order valence-corrected chi connectivity index (χ1v) is 7.23. The van der Waals surface area contributed by atoms with Crippen molar-refractivity contribution < 1.29 is 13.9 Å². The lowest BCUT2D eigenvalue weighted by Gasteiger charge is -2.27. The van der Waals surface area contributed by atoms with E-state index in [1.54, 1.807) is 12.1 Å². The largest absolute Gasteiger partial charge is 0.468 e. The number of benzene rings is 1. The number of carbonyl (C=O) groups excluding carboxylic acids is 1. The van der Waals surface area contributed by atoms with E-state index in [9.17, 15) is 9.18 Å². The van der Waals surface area contributed by atoms with Crippen LogP contribution in [0.25, 0.3) is 0 Å². The van der Waals surface area contributed by atoms with Crippen molar-refractivity contribution in [3.05, 3.63) is 34.6 Å². The van der Waals surface area contributed by atoms with Crippen LogP contribution in [-0.2, 0) is 16.1 Å². The monoisotopic (exact) mass is 299 g/mol. The van der Waals surface area contributed by atoms with Gasteiger partial charge in [0.2, 0.25) is 0 Å². The van der Waals surface area contributed by atoms with Crippen molar-refractivity contribution in [3.63, 3.8) is 0 Å². The molecule has 2 rings (SSSR count). The van der Waals surface area contributed by atoms with Crippen molar-refractivity contribution in [2.45, 2.75) is 38.3 Å². The van der Waals surface area contributed by atoms with Gasteiger partial charge in [-0.2, -0.15) is 0 Å². The first kappa shape index (κ1) is 15.3. The minimum absolute atomic E-state index is 0.118. The van der Waals surface area contributed by atoms with Crippen molar-refractivity contribution in [2.75, 3.05) is 13.7 Å². The van der Waals surface area contributed by atoms with E-state index in [1.807, 2.05) is 4.90 Å². The molecule has 0 amide bonds. The maximum absolute atomic E-state index is 14.0. The van der Waals surface area contributed by atoms with Gasteiger partial charge in [0.15, 0.2) is 0 Å². The predicted molar refractivity (Wildman–Crippen MR) is 76.1 cm³/mol. The van der Waals surface area contributed by atoms with Gasteiger partial charge in [-0.1, -0.05) is 36.6 Å². The van der Waals surface area contributed by atoms with E-state index < -0.39 is 5.82 Å². The van der Waals surface area contributed by atoms with Gasteiger partial charge in [0.1, 0.15) is 5.82 Å². The van der Waals surface area contributed by atoms with Gasteiger partial charge in [0.05, 0.1) is 18.7 Å². The summed E-state index contributed by atoms with van der Waals surface area (Å²) in [6.45, 7) is 0.569. The number of esters is 1. The highest BCUT2D eigenvalue weighted by Gasteiger charge is 2.25. The number of rotatable bonds is 5. The quantitative estimate of drug-likeness (QED) is 0.781. The molecule has 1 saturated carbocycles. The molecule has 0 heterocycles. The van der Waals surface area contributed by atoms with Crippen molar-refractivity contribution in [1.82, 2.24) is 4.90 Å². The zero-order valence-corrected chi connectivity index (χ0v) is 12.3. The SMILES string of the molecule is COC(=O)CN(Cc1cccc(Cl)c1F)C1CCCC1. The molecule has 0 spiro atoms. The molecule has 1 aromatic carbocycles. The van der Waals surface area contributed by atoms with E-state index >= 15 is 0 Å². The van der Waals surface area contributed by atoms with Crippen molar-refractivity contribution >= 4 is 17.6 Å². The lowest BCUT2D eigenvalue weighted by atomic mass is 10.1. The van der Waals surface area contributed by atoms with Crippen LogP contribution >= 0.6 is 11.6 Å². The fourth-order valence-corrected chi connectivity index (χ4v) is 2.90. The van der Waals surface area contributed by atoms with Gasteiger partial charge >= 0.3 is 5.97 Å². The van der Waals surface area contributed by atoms with Crippen molar-refractivity contribution in [1.29, 1.82) is 0 Å². The van der Waals surface area contributed by atoms with Crippen LogP contribution in [0.4, 0.5) is 4.39 Å². The summed E-state index contributed by atoms with van der Waals surface area (Å²) in [6.07, 6.45) is 4.39. The van der Waals surface area contributed by atoms with Gasteiger partial charge in [0, 0.05) is 18.2 Å². The molecule has 1 fully saturated rings. The van der Waals surface area contributed by atoms with Gasteiger partial charge in [-0.15, -0.1) is 0 Å². The molecule has 110 valence electrons. The standard InChI is InChI=1S/C15H19ClFNO2/c1-20-14(19)10-18(12-6-2-3-7-12)9-11-5-4-8-13(16)15(11)17/h4-5,8,12H,2-3,6-7,9-10H2,1H3. The highest BCUT2D eigenvalue weighted by Crippen LogP contribution is 2.26. The molecule has 20 heavy (non-hydrogen) atoms. The Morgan fingerprint density at radius 1 is 1.45 bits per heavy atom. The molecule has 1 aliphatic rings. The molecule has 0 saturated heterocycles. The molecule has 5 heteroatoms. The summed E-state index contributed by atoms with van der Waals surface area (Å²) in [5.74, 6) is -0.693. The Hall–Kier alpha value is -1.13. The topological polar surface area (TPSA) is 29.5 Å². The second kappa shape index (κ2) is 7.04. The Kier molecular flexibility index (Phi) is 5.38. The minimum atomic E-state index is -0.401. The highest BCUT2D eigenvalue weighted by atomic mass is 35.5. The number of nitrogens with zero attached hydrogens (tertiary/aromatic N) is 1. The molecule has 1 aromatic rings. The molecular weight excluding hydrogens is 281 g/mol. The second-order valence-corrected chi connectivity index (χ2v) is 5.54. The number of halogens is 2. The molecule has 3 nitrogen and oxygen atoms in total.